The highest BCUT2D eigenvalue weighted by Gasteiger charge is 2.14. The molecule has 3 aromatic rings. The van der Waals surface area contributed by atoms with Crippen LogP contribution in [0.2, 0.25) is 0 Å². The van der Waals surface area contributed by atoms with E-state index in [1.54, 1.807) is 12.1 Å². The van der Waals surface area contributed by atoms with E-state index in [9.17, 15) is 9.18 Å². The first-order chi connectivity index (χ1) is 17.6. The van der Waals surface area contributed by atoms with Crippen molar-refractivity contribution in [3.8, 4) is 22.6 Å². The van der Waals surface area contributed by atoms with Gasteiger partial charge in [0, 0.05) is 24.7 Å². The number of hydrogen-bond donors (Lipinski definition) is 0. The average molecular weight is 505 g/mol. The molecule has 0 N–H and O–H groups in total. The van der Waals surface area contributed by atoms with E-state index in [2.05, 4.69) is 32.0 Å². The van der Waals surface area contributed by atoms with E-state index in [-0.39, 0.29) is 5.78 Å². The molecular weight excluding hydrogens is 467 g/mol. The molecule has 196 valence electrons. The van der Waals surface area contributed by atoms with Gasteiger partial charge in [0.05, 0.1) is 5.56 Å². The maximum absolute atomic E-state index is 14.7. The molecule has 3 rings (SSSR count). The molecule has 0 aliphatic rings. The van der Waals surface area contributed by atoms with Crippen molar-refractivity contribution in [2.24, 2.45) is 0 Å². The molecule has 0 atom stereocenters. The van der Waals surface area contributed by atoms with Gasteiger partial charge in [0.2, 0.25) is 0 Å². The monoisotopic (exact) mass is 504 g/mol. The van der Waals surface area contributed by atoms with Crippen LogP contribution in [0.25, 0.3) is 17.2 Å². The number of likely N-dealkylation sites (N-methyl/N-ethyl adjacent to an activating group) is 2. The maximum Gasteiger partial charge on any atom is 0.189 e. The summed E-state index contributed by atoms with van der Waals surface area (Å²) >= 11 is 0. The molecule has 0 spiro atoms. The van der Waals surface area contributed by atoms with Crippen LogP contribution in [-0.4, -0.2) is 70.1 Å². The molecule has 0 heterocycles. The Bertz CT molecular complexity index is 1230. The number of hydrogen-bond acceptors (Lipinski definition) is 5. The number of allylic oxidation sites excluding steroid dienone is 1. The third kappa shape index (κ3) is 8.55. The summed E-state index contributed by atoms with van der Waals surface area (Å²) < 4.78 is 26.2. The predicted molar refractivity (Wildman–Crippen MR) is 149 cm³/mol. The fourth-order valence-electron chi connectivity index (χ4n) is 3.84. The summed E-state index contributed by atoms with van der Waals surface area (Å²) in [5.41, 5.74) is 5.02. The quantitative estimate of drug-likeness (QED) is 0.227. The second kappa shape index (κ2) is 13.2. The van der Waals surface area contributed by atoms with Crippen molar-refractivity contribution in [3.05, 3.63) is 88.7 Å². The summed E-state index contributed by atoms with van der Waals surface area (Å²) in [6.07, 6.45) is 2.89. The summed E-state index contributed by atoms with van der Waals surface area (Å²) in [6.45, 7) is 6.47. The van der Waals surface area contributed by atoms with Gasteiger partial charge in [0.25, 0.3) is 0 Å². The van der Waals surface area contributed by atoms with E-state index in [1.807, 2.05) is 56.2 Å². The molecule has 0 radical (unpaired) electrons. The molecule has 37 heavy (non-hydrogen) atoms. The van der Waals surface area contributed by atoms with Crippen molar-refractivity contribution < 1.29 is 18.7 Å². The third-order valence-electron chi connectivity index (χ3n) is 5.79. The summed E-state index contributed by atoms with van der Waals surface area (Å²) in [7, 11) is 7.83. The molecule has 5 nitrogen and oxygen atoms in total. The smallest absolute Gasteiger partial charge is 0.189 e. The van der Waals surface area contributed by atoms with Crippen LogP contribution < -0.4 is 9.47 Å². The maximum atomic E-state index is 14.7. The Labute approximate surface area is 220 Å². The molecule has 0 unspecified atom stereocenters. The summed E-state index contributed by atoms with van der Waals surface area (Å²) in [6, 6.07) is 16.6. The SMILES string of the molecule is Cc1cc(C)cc(-c2ccc(OCCN(C)C)c(C(=O)/C=C/c3ccc(OCCN(C)C)cc3F)c2)c1. The minimum Gasteiger partial charge on any atom is -0.492 e. The van der Waals surface area contributed by atoms with Gasteiger partial charge in [-0.3, -0.25) is 4.79 Å². The van der Waals surface area contributed by atoms with Crippen LogP contribution in [0.3, 0.4) is 0 Å². The largest absolute Gasteiger partial charge is 0.492 e. The Balaban J connectivity index is 1.85. The third-order valence-corrected chi connectivity index (χ3v) is 5.79. The normalized spacial score (nSPS) is 11.5. The lowest BCUT2D eigenvalue weighted by molar-refractivity contribution is 0.104. The van der Waals surface area contributed by atoms with Gasteiger partial charge in [-0.1, -0.05) is 35.4 Å². The van der Waals surface area contributed by atoms with Gasteiger partial charge < -0.3 is 19.3 Å². The number of ketones is 1. The van der Waals surface area contributed by atoms with Crippen LogP contribution >= 0.6 is 0 Å². The molecule has 0 amide bonds. The predicted octanol–water partition coefficient (Wildman–Crippen LogP) is 5.89. The molecule has 0 bridgehead atoms. The first-order valence-electron chi connectivity index (χ1n) is 12.4. The standard InChI is InChI=1S/C31H37FN2O3/c1-22-17-23(2)19-26(18-22)25-9-12-31(37-16-14-34(5)6)28(20-25)30(35)11-8-24-7-10-27(21-29(24)32)36-15-13-33(3)4/h7-12,17-21H,13-16H2,1-6H3/b11-8+. The van der Waals surface area contributed by atoms with Crippen molar-refractivity contribution in [1.82, 2.24) is 9.80 Å². The van der Waals surface area contributed by atoms with E-state index < -0.39 is 5.82 Å². The molecule has 0 saturated carbocycles. The van der Waals surface area contributed by atoms with Crippen LogP contribution in [0.1, 0.15) is 27.0 Å². The van der Waals surface area contributed by atoms with E-state index in [1.165, 1.54) is 18.2 Å². The Morgan fingerprint density at radius 1 is 0.811 bits per heavy atom. The Morgan fingerprint density at radius 3 is 2.08 bits per heavy atom. The lowest BCUT2D eigenvalue weighted by atomic mass is 9.97. The number of aryl methyl sites for hydroxylation is 2. The number of nitrogens with zero attached hydrogens (tertiary/aromatic N) is 2. The van der Waals surface area contributed by atoms with Crippen LogP contribution in [0.4, 0.5) is 4.39 Å². The zero-order valence-electron chi connectivity index (χ0n) is 22.7. The number of carbonyl (C=O) groups excluding carboxylic acids is 1. The molecule has 3 aromatic carbocycles. The van der Waals surface area contributed by atoms with Crippen molar-refractivity contribution in [2.45, 2.75) is 13.8 Å². The van der Waals surface area contributed by atoms with E-state index in [0.717, 1.165) is 35.3 Å². The Morgan fingerprint density at radius 2 is 1.46 bits per heavy atom. The lowest BCUT2D eigenvalue weighted by Gasteiger charge is -2.15. The van der Waals surface area contributed by atoms with Crippen LogP contribution in [0.15, 0.2) is 60.7 Å². The molecule has 0 aromatic heterocycles. The molecule has 0 saturated heterocycles. The molecule has 0 aliphatic carbocycles. The molecule has 0 aliphatic heterocycles. The van der Waals surface area contributed by atoms with Gasteiger partial charge in [0.1, 0.15) is 30.5 Å². The van der Waals surface area contributed by atoms with E-state index >= 15 is 0 Å². The van der Waals surface area contributed by atoms with Gasteiger partial charge in [-0.15, -0.1) is 0 Å². The highest BCUT2D eigenvalue weighted by Crippen LogP contribution is 2.29. The van der Waals surface area contributed by atoms with Crippen LogP contribution in [0.5, 0.6) is 11.5 Å². The van der Waals surface area contributed by atoms with Gasteiger partial charge in [0.15, 0.2) is 5.78 Å². The topological polar surface area (TPSA) is 42.0 Å². The van der Waals surface area contributed by atoms with Gasteiger partial charge in [-0.05, 0) is 89.6 Å². The Kier molecular flexibility index (Phi) is 10.0. The fraction of sp³-hybridized carbons (Fsp3) is 0.323. The molecule has 6 heteroatoms. The van der Waals surface area contributed by atoms with E-state index in [0.29, 0.717) is 35.8 Å². The molecule has 0 fully saturated rings. The number of carbonyl (C=O) groups is 1. The highest BCUT2D eigenvalue weighted by atomic mass is 19.1. The van der Waals surface area contributed by atoms with Crippen LogP contribution in [0, 0.1) is 19.7 Å². The van der Waals surface area contributed by atoms with E-state index in [4.69, 9.17) is 9.47 Å². The first kappa shape index (κ1) is 28.1. The zero-order chi connectivity index (χ0) is 26.9. The lowest BCUT2D eigenvalue weighted by Crippen LogP contribution is -2.20. The second-order valence-electron chi connectivity index (χ2n) is 9.77. The fourth-order valence-corrected chi connectivity index (χ4v) is 3.84. The van der Waals surface area contributed by atoms with Crippen molar-refractivity contribution in [3.63, 3.8) is 0 Å². The van der Waals surface area contributed by atoms with Gasteiger partial charge >= 0.3 is 0 Å². The number of rotatable bonds is 12. The first-order valence-corrected chi connectivity index (χ1v) is 12.4. The van der Waals surface area contributed by atoms with Gasteiger partial charge in [-0.2, -0.15) is 0 Å². The van der Waals surface area contributed by atoms with Crippen LogP contribution in [-0.2, 0) is 0 Å². The Hall–Kier alpha value is -3.48. The highest BCUT2D eigenvalue weighted by molar-refractivity contribution is 6.09. The number of halogens is 1. The number of ether oxygens (including phenoxy) is 2. The summed E-state index contributed by atoms with van der Waals surface area (Å²) in [5.74, 6) is 0.268. The second-order valence-corrected chi connectivity index (χ2v) is 9.77. The van der Waals surface area contributed by atoms with Crippen molar-refractivity contribution in [1.29, 1.82) is 0 Å². The summed E-state index contributed by atoms with van der Waals surface area (Å²) in [4.78, 5) is 17.3. The summed E-state index contributed by atoms with van der Waals surface area (Å²) in [5, 5.41) is 0. The average Bonchev–Trinajstić information content (AvgIpc) is 2.82. The number of benzene rings is 3. The van der Waals surface area contributed by atoms with Crippen molar-refractivity contribution in [2.75, 3.05) is 54.5 Å². The zero-order valence-corrected chi connectivity index (χ0v) is 22.7. The minimum absolute atomic E-state index is 0.253. The van der Waals surface area contributed by atoms with Crippen molar-refractivity contribution >= 4 is 11.9 Å². The molecular formula is C31H37FN2O3. The minimum atomic E-state index is -0.446. The van der Waals surface area contributed by atoms with Gasteiger partial charge in [-0.25, -0.2) is 4.39 Å².